The van der Waals surface area contributed by atoms with E-state index >= 15 is 0 Å². The molecule has 0 N–H and O–H groups in total. The van der Waals surface area contributed by atoms with Gasteiger partial charge >= 0.3 is 0 Å². The van der Waals surface area contributed by atoms with E-state index in [1.165, 1.54) is 12.3 Å². The van der Waals surface area contributed by atoms with Gasteiger partial charge in [-0.2, -0.15) is 0 Å². The summed E-state index contributed by atoms with van der Waals surface area (Å²) in [6.07, 6.45) is 2.31. The van der Waals surface area contributed by atoms with Crippen molar-refractivity contribution in [3.8, 4) is 0 Å². The van der Waals surface area contributed by atoms with E-state index in [2.05, 4.69) is 4.98 Å². The molecule has 1 amide bonds. The Morgan fingerprint density at radius 3 is 2.65 bits per heavy atom. The standard InChI is InChI=1S/C12H16Cl2N2O/c1-4-5-16(8(2)3)12(17)9-6-11(14)15-7-10(9)13/h6-8H,4-5H2,1-3H3. The topological polar surface area (TPSA) is 33.2 Å². The molecule has 3 nitrogen and oxygen atoms in total. The van der Waals surface area contributed by atoms with Crippen LogP contribution in [0.1, 0.15) is 37.6 Å². The minimum atomic E-state index is -0.101. The highest BCUT2D eigenvalue weighted by molar-refractivity contribution is 6.35. The van der Waals surface area contributed by atoms with Gasteiger partial charge in [0.25, 0.3) is 5.91 Å². The molecule has 0 radical (unpaired) electrons. The van der Waals surface area contributed by atoms with Gasteiger partial charge in [0.05, 0.1) is 10.6 Å². The first-order valence-electron chi connectivity index (χ1n) is 5.59. The maximum Gasteiger partial charge on any atom is 0.255 e. The predicted octanol–water partition coefficient (Wildman–Crippen LogP) is 3.65. The van der Waals surface area contributed by atoms with Gasteiger partial charge in [-0.05, 0) is 26.3 Å². The Morgan fingerprint density at radius 2 is 2.12 bits per heavy atom. The molecule has 0 unspecified atom stereocenters. The minimum absolute atomic E-state index is 0.101. The Kier molecular flexibility index (Phi) is 5.22. The predicted molar refractivity (Wildman–Crippen MR) is 70.7 cm³/mol. The lowest BCUT2D eigenvalue weighted by Gasteiger charge is -2.26. The van der Waals surface area contributed by atoms with Crippen molar-refractivity contribution in [1.82, 2.24) is 9.88 Å². The van der Waals surface area contributed by atoms with E-state index in [1.807, 2.05) is 20.8 Å². The van der Waals surface area contributed by atoms with Crippen LogP contribution in [0.15, 0.2) is 12.3 Å². The lowest BCUT2D eigenvalue weighted by molar-refractivity contribution is 0.0706. The molecule has 0 spiro atoms. The van der Waals surface area contributed by atoms with E-state index in [0.29, 0.717) is 17.1 Å². The van der Waals surface area contributed by atoms with E-state index in [4.69, 9.17) is 23.2 Å². The van der Waals surface area contributed by atoms with Gasteiger partial charge in [0.1, 0.15) is 5.15 Å². The summed E-state index contributed by atoms with van der Waals surface area (Å²) in [5, 5.41) is 0.610. The molecule has 0 bridgehead atoms. The van der Waals surface area contributed by atoms with Crippen molar-refractivity contribution in [2.75, 3.05) is 6.54 Å². The van der Waals surface area contributed by atoms with Gasteiger partial charge in [-0.3, -0.25) is 4.79 Å². The molecule has 0 atom stereocenters. The molecule has 0 aliphatic rings. The van der Waals surface area contributed by atoms with Crippen LogP contribution < -0.4 is 0 Å². The summed E-state index contributed by atoms with van der Waals surface area (Å²) in [4.78, 5) is 17.9. The second kappa shape index (κ2) is 6.22. The number of nitrogens with zero attached hydrogens (tertiary/aromatic N) is 2. The van der Waals surface area contributed by atoms with Crippen LogP contribution in [0.5, 0.6) is 0 Å². The third kappa shape index (κ3) is 3.58. The summed E-state index contributed by atoms with van der Waals surface area (Å²) < 4.78 is 0. The average Bonchev–Trinajstić information content (AvgIpc) is 2.28. The largest absolute Gasteiger partial charge is 0.336 e. The van der Waals surface area contributed by atoms with Crippen molar-refractivity contribution >= 4 is 29.1 Å². The highest BCUT2D eigenvalue weighted by atomic mass is 35.5. The Balaban J connectivity index is 3.04. The van der Waals surface area contributed by atoms with E-state index in [-0.39, 0.29) is 17.1 Å². The summed E-state index contributed by atoms with van der Waals surface area (Å²) in [6.45, 7) is 6.69. The highest BCUT2D eigenvalue weighted by Gasteiger charge is 2.20. The number of aromatic nitrogens is 1. The van der Waals surface area contributed by atoms with Crippen molar-refractivity contribution in [3.05, 3.63) is 28.0 Å². The van der Waals surface area contributed by atoms with Crippen LogP contribution in [0.3, 0.4) is 0 Å². The fourth-order valence-electron chi connectivity index (χ4n) is 1.57. The number of carbonyl (C=O) groups is 1. The molecule has 5 heteroatoms. The molecular weight excluding hydrogens is 259 g/mol. The van der Waals surface area contributed by atoms with E-state index in [9.17, 15) is 4.79 Å². The number of pyridine rings is 1. The van der Waals surface area contributed by atoms with Gasteiger partial charge < -0.3 is 4.90 Å². The van der Waals surface area contributed by atoms with Gasteiger partial charge in [-0.1, -0.05) is 30.1 Å². The van der Waals surface area contributed by atoms with Crippen LogP contribution in [-0.4, -0.2) is 28.4 Å². The van der Waals surface area contributed by atoms with E-state index in [0.717, 1.165) is 6.42 Å². The molecule has 0 aliphatic carbocycles. The normalized spacial score (nSPS) is 10.7. The van der Waals surface area contributed by atoms with Crippen LogP contribution in [0.2, 0.25) is 10.2 Å². The minimum Gasteiger partial charge on any atom is -0.336 e. The summed E-state index contributed by atoms with van der Waals surface area (Å²) in [6, 6.07) is 1.64. The Labute approximate surface area is 112 Å². The number of rotatable bonds is 4. The second-order valence-electron chi connectivity index (χ2n) is 4.08. The van der Waals surface area contributed by atoms with Crippen LogP contribution in [0.4, 0.5) is 0 Å². The van der Waals surface area contributed by atoms with Crippen molar-refractivity contribution in [2.24, 2.45) is 0 Å². The molecule has 1 aromatic rings. The summed E-state index contributed by atoms with van der Waals surface area (Å²) in [7, 11) is 0. The number of hydrogen-bond acceptors (Lipinski definition) is 2. The number of amides is 1. The van der Waals surface area contributed by atoms with Crippen molar-refractivity contribution < 1.29 is 4.79 Å². The zero-order valence-corrected chi connectivity index (χ0v) is 11.7. The Bertz CT molecular complexity index is 407. The summed E-state index contributed by atoms with van der Waals surface area (Å²) in [5.74, 6) is -0.101. The molecule has 1 heterocycles. The lowest BCUT2D eigenvalue weighted by Crippen LogP contribution is -2.37. The molecule has 0 saturated carbocycles. The molecule has 0 fully saturated rings. The molecule has 94 valence electrons. The number of carbonyl (C=O) groups excluding carboxylic acids is 1. The zero-order valence-electron chi connectivity index (χ0n) is 10.2. The molecule has 17 heavy (non-hydrogen) atoms. The third-order valence-corrected chi connectivity index (χ3v) is 2.91. The van der Waals surface area contributed by atoms with Crippen LogP contribution in [0.25, 0.3) is 0 Å². The quantitative estimate of drug-likeness (QED) is 0.786. The number of halogens is 2. The fourth-order valence-corrected chi connectivity index (χ4v) is 1.91. The zero-order chi connectivity index (χ0) is 13.0. The van der Waals surface area contributed by atoms with Gasteiger partial charge in [0.2, 0.25) is 0 Å². The Hall–Kier alpha value is -0.800. The monoisotopic (exact) mass is 274 g/mol. The molecule has 0 saturated heterocycles. The van der Waals surface area contributed by atoms with Crippen molar-refractivity contribution in [1.29, 1.82) is 0 Å². The van der Waals surface area contributed by atoms with E-state index in [1.54, 1.807) is 4.90 Å². The summed E-state index contributed by atoms with van der Waals surface area (Å²) in [5.41, 5.74) is 0.411. The SMILES string of the molecule is CCCN(C(=O)c1cc(Cl)ncc1Cl)C(C)C. The Morgan fingerprint density at radius 1 is 1.47 bits per heavy atom. The van der Waals surface area contributed by atoms with Gasteiger partial charge in [-0.25, -0.2) is 4.98 Å². The fraction of sp³-hybridized carbons (Fsp3) is 0.500. The van der Waals surface area contributed by atoms with Gasteiger partial charge in [0.15, 0.2) is 0 Å². The molecule has 0 aromatic carbocycles. The summed E-state index contributed by atoms with van der Waals surface area (Å²) >= 11 is 11.8. The lowest BCUT2D eigenvalue weighted by atomic mass is 10.2. The third-order valence-electron chi connectivity index (χ3n) is 2.40. The first kappa shape index (κ1) is 14.3. The smallest absolute Gasteiger partial charge is 0.255 e. The van der Waals surface area contributed by atoms with Crippen LogP contribution >= 0.6 is 23.2 Å². The number of hydrogen-bond donors (Lipinski definition) is 0. The van der Waals surface area contributed by atoms with Crippen LogP contribution in [-0.2, 0) is 0 Å². The second-order valence-corrected chi connectivity index (χ2v) is 4.87. The average molecular weight is 275 g/mol. The maximum absolute atomic E-state index is 12.3. The molecule has 1 rings (SSSR count). The first-order valence-corrected chi connectivity index (χ1v) is 6.35. The molecule has 0 aliphatic heterocycles. The van der Waals surface area contributed by atoms with E-state index < -0.39 is 0 Å². The van der Waals surface area contributed by atoms with Crippen molar-refractivity contribution in [2.45, 2.75) is 33.2 Å². The maximum atomic E-state index is 12.3. The molecular formula is C12H16Cl2N2O. The van der Waals surface area contributed by atoms with Crippen LogP contribution in [0, 0.1) is 0 Å². The van der Waals surface area contributed by atoms with Crippen molar-refractivity contribution in [3.63, 3.8) is 0 Å². The first-order chi connectivity index (χ1) is 7.97. The molecule has 1 aromatic heterocycles. The van der Waals surface area contributed by atoms with Gasteiger partial charge in [0, 0.05) is 18.8 Å². The highest BCUT2D eigenvalue weighted by Crippen LogP contribution is 2.20. The van der Waals surface area contributed by atoms with Gasteiger partial charge in [-0.15, -0.1) is 0 Å².